The number of Topliss-reactive ketones (excluding diaryl/α,β-unsaturated/α-hetero) is 1. The van der Waals surface area contributed by atoms with E-state index < -0.39 is 0 Å². The minimum Gasteiger partial charge on any atom is -0.497 e. The number of hydrogen-bond donors (Lipinski definition) is 0. The summed E-state index contributed by atoms with van der Waals surface area (Å²) in [5.41, 5.74) is 2.64. The van der Waals surface area contributed by atoms with Crippen LogP contribution in [0.3, 0.4) is 0 Å². The second-order valence-electron chi connectivity index (χ2n) is 6.91. The first-order valence-corrected chi connectivity index (χ1v) is 10.9. The largest absolute Gasteiger partial charge is 0.497 e. The standard InChI is InChI=1S/C23H27N3O3S/c1-5-6-13-26-22(17-7-10-20(28-3)11-8-17)24-25-23(26)30-15-19-14-18(16(2)27)9-12-21(19)29-4/h7-12,14H,5-6,13,15H2,1-4H3. The molecule has 3 rings (SSSR count). The predicted molar refractivity (Wildman–Crippen MR) is 119 cm³/mol. The van der Waals surface area contributed by atoms with Gasteiger partial charge in [0.05, 0.1) is 14.2 Å². The van der Waals surface area contributed by atoms with Crippen molar-refractivity contribution < 1.29 is 14.3 Å². The lowest BCUT2D eigenvalue weighted by Crippen LogP contribution is -2.03. The number of ether oxygens (including phenoxy) is 2. The summed E-state index contributed by atoms with van der Waals surface area (Å²) in [6.45, 7) is 4.58. The third-order valence-electron chi connectivity index (χ3n) is 4.84. The molecule has 0 aliphatic carbocycles. The lowest BCUT2D eigenvalue weighted by atomic mass is 10.1. The maximum Gasteiger partial charge on any atom is 0.191 e. The van der Waals surface area contributed by atoms with Gasteiger partial charge >= 0.3 is 0 Å². The highest BCUT2D eigenvalue weighted by Gasteiger charge is 2.16. The summed E-state index contributed by atoms with van der Waals surface area (Å²) >= 11 is 1.60. The van der Waals surface area contributed by atoms with E-state index in [1.807, 2.05) is 36.4 Å². The minimum absolute atomic E-state index is 0.0387. The van der Waals surface area contributed by atoms with Crippen molar-refractivity contribution in [1.29, 1.82) is 0 Å². The molecule has 0 saturated heterocycles. The summed E-state index contributed by atoms with van der Waals surface area (Å²) in [5.74, 6) is 3.10. The van der Waals surface area contributed by atoms with E-state index in [0.717, 1.165) is 53.0 Å². The first kappa shape index (κ1) is 21.9. The van der Waals surface area contributed by atoms with Crippen LogP contribution in [0.1, 0.15) is 42.6 Å². The van der Waals surface area contributed by atoms with E-state index >= 15 is 0 Å². The number of carbonyl (C=O) groups is 1. The number of hydrogen-bond acceptors (Lipinski definition) is 6. The summed E-state index contributed by atoms with van der Waals surface area (Å²) in [5, 5.41) is 9.77. The Morgan fingerprint density at radius 3 is 2.47 bits per heavy atom. The van der Waals surface area contributed by atoms with Gasteiger partial charge < -0.3 is 14.0 Å². The van der Waals surface area contributed by atoms with Crippen LogP contribution in [0.15, 0.2) is 47.6 Å². The van der Waals surface area contributed by atoms with Crippen LogP contribution in [-0.2, 0) is 12.3 Å². The van der Waals surface area contributed by atoms with E-state index in [-0.39, 0.29) is 5.78 Å². The van der Waals surface area contributed by atoms with Crippen LogP contribution in [0.5, 0.6) is 11.5 Å². The van der Waals surface area contributed by atoms with E-state index in [1.165, 1.54) is 0 Å². The highest BCUT2D eigenvalue weighted by molar-refractivity contribution is 7.98. The highest BCUT2D eigenvalue weighted by Crippen LogP contribution is 2.31. The minimum atomic E-state index is 0.0387. The summed E-state index contributed by atoms with van der Waals surface area (Å²) in [7, 11) is 3.30. The lowest BCUT2D eigenvalue weighted by Gasteiger charge is -2.12. The predicted octanol–water partition coefficient (Wildman–Crippen LogP) is 5.26. The second kappa shape index (κ2) is 10.3. The Hall–Kier alpha value is -2.80. The zero-order valence-corrected chi connectivity index (χ0v) is 18.7. The molecule has 1 aromatic heterocycles. The van der Waals surface area contributed by atoms with Gasteiger partial charge in [0.2, 0.25) is 0 Å². The molecule has 158 valence electrons. The first-order valence-electron chi connectivity index (χ1n) is 9.95. The molecule has 0 amide bonds. The van der Waals surface area contributed by atoms with Gasteiger partial charge in [-0.1, -0.05) is 25.1 Å². The van der Waals surface area contributed by atoms with Crippen LogP contribution in [0, 0.1) is 0 Å². The molecule has 3 aromatic rings. The second-order valence-corrected chi connectivity index (χ2v) is 7.85. The van der Waals surface area contributed by atoms with Gasteiger partial charge in [-0.3, -0.25) is 4.79 Å². The number of benzene rings is 2. The fraction of sp³-hybridized carbons (Fsp3) is 0.348. The molecule has 0 aliphatic heterocycles. The molecule has 2 aromatic carbocycles. The van der Waals surface area contributed by atoms with Crippen LogP contribution in [0.2, 0.25) is 0 Å². The van der Waals surface area contributed by atoms with Gasteiger partial charge in [0.25, 0.3) is 0 Å². The normalized spacial score (nSPS) is 10.8. The van der Waals surface area contributed by atoms with Gasteiger partial charge in [0.15, 0.2) is 16.8 Å². The van der Waals surface area contributed by atoms with Crippen molar-refractivity contribution >= 4 is 17.5 Å². The summed E-state index contributed by atoms with van der Waals surface area (Å²) in [6.07, 6.45) is 2.12. The zero-order chi connectivity index (χ0) is 21.5. The van der Waals surface area contributed by atoms with Crippen LogP contribution in [0.4, 0.5) is 0 Å². The van der Waals surface area contributed by atoms with Gasteiger partial charge in [-0.25, -0.2) is 0 Å². The summed E-state index contributed by atoms with van der Waals surface area (Å²) in [4.78, 5) is 11.8. The molecule has 0 N–H and O–H groups in total. The molecular formula is C23H27N3O3S. The number of unbranched alkanes of at least 4 members (excludes halogenated alkanes) is 1. The van der Waals surface area contributed by atoms with E-state index in [1.54, 1.807) is 39.0 Å². The number of ketones is 1. The van der Waals surface area contributed by atoms with Crippen molar-refractivity contribution in [3.8, 4) is 22.9 Å². The Morgan fingerprint density at radius 1 is 1.07 bits per heavy atom. The van der Waals surface area contributed by atoms with Gasteiger partial charge in [-0.2, -0.15) is 0 Å². The Balaban J connectivity index is 1.88. The van der Waals surface area contributed by atoms with Crippen molar-refractivity contribution in [2.24, 2.45) is 0 Å². The molecule has 0 spiro atoms. The summed E-state index contributed by atoms with van der Waals surface area (Å²) < 4.78 is 12.9. The van der Waals surface area contributed by atoms with Crippen molar-refractivity contribution in [3.05, 3.63) is 53.6 Å². The van der Waals surface area contributed by atoms with Crippen molar-refractivity contribution in [3.63, 3.8) is 0 Å². The molecule has 0 atom stereocenters. The van der Waals surface area contributed by atoms with Crippen LogP contribution in [0.25, 0.3) is 11.4 Å². The van der Waals surface area contributed by atoms with E-state index in [0.29, 0.717) is 11.3 Å². The quantitative estimate of drug-likeness (QED) is 0.326. The molecular weight excluding hydrogens is 398 g/mol. The fourth-order valence-corrected chi connectivity index (χ4v) is 4.06. The topological polar surface area (TPSA) is 66.2 Å². The van der Waals surface area contributed by atoms with E-state index in [4.69, 9.17) is 9.47 Å². The number of rotatable bonds is 10. The van der Waals surface area contributed by atoms with Gasteiger partial charge in [0.1, 0.15) is 11.5 Å². The van der Waals surface area contributed by atoms with E-state index in [2.05, 4.69) is 21.7 Å². The third-order valence-corrected chi connectivity index (χ3v) is 5.86. The van der Waals surface area contributed by atoms with E-state index in [9.17, 15) is 4.79 Å². The number of thioether (sulfide) groups is 1. The third kappa shape index (κ3) is 5.02. The van der Waals surface area contributed by atoms with Crippen LogP contribution >= 0.6 is 11.8 Å². The number of aromatic nitrogens is 3. The maximum atomic E-state index is 11.8. The van der Waals surface area contributed by atoms with Gasteiger partial charge in [-0.15, -0.1) is 10.2 Å². The molecule has 0 fully saturated rings. The van der Waals surface area contributed by atoms with Crippen molar-refractivity contribution in [2.45, 2.75) is 44.1 Å². The Labute approximate surface area is 181 Å². The smallest absolute Gasteiger partial charge is 0.191 e. The molecule has 30 heavy (non-hydrogen) atoms. The average molecular weight is 426 g/mol. The monoisotopic (exact) mass is 425 g/mol. The average Bonchev–Trinajstić information content (AvgIpc) is 3.18. The molecule has 7 heteroatoms. The molecule has 0 unspecified atom stereocenters. The Kier molecular flexibility index (Phi) is 7.52. The molecule has 0 radical (unpaired) electrons. The SMILES string of the molecule is CCCCn1c(SCc2cc(C(C)=O)ccc2OC)nnc1-c1ccc(OC)cc1. The van der Waals surface area contributed by atoms with Crippen molar-refractivity contribution in [2.75, 3.05) is 14.2 Å². The molecule has 6 nitrogen and oxygen atoms in total. The van der Waals surface area contributed by atoms with Crippen LogP contribution in [-0.4, -0.2) is 34.8 Å². The molecule has 0 aliphatic rings. The molecule has 0 saturated carbocycles. The fourth-order valence-electron chi connectivity index (χ4n) is 3.12. The molecule has 1 heterocycles. The number of carbonyl (C=O) groups excluding carboxylic acids is 1. The maximum absolute atomic E-state index is 11.8. The first-order chi connectivity index (χ1) is 14.6. The van der Waals surface area contributed by atoms with Gasteiger partial charge in [-0.05, 0) is 55.8 Å². The number of nitrogens with zero attached hydrogens (tertiary/aromatic N) is 3. The zero-order valence-electron chi connectivity index (χ0n) is 17.8. The van der Waals surface area contributed by atoms with Crippen molar-refractivity contribution in [1.82, 2.24) is 14.8 Å². The molecule has 0 bridgehead atoms. The van der Waals surface area contributed by atoms with Gasteiger partial charge in [0, 0.05) is 29.0 Å². The summed E-state index contributed by atoms with van der Waals surface area (Å²) in [6, 6.07) is 13.4. The van der Waals surface area contributed by atoms with Crippen LogP contribution < -0.4 is 9.47 Å². The lowest BCUT2D eigenvalue weighted by molar-refractivity contribution is 0.101. The Bertz CT molecular complexity index is 999. The number of methoxy groups -OCH3 is 2. The Morgan fingerprint density at radius 2 is 1.83 bits per heavy atom. The highest BCUT2D eigenvalue weighted by atomic mass is 32.2.